The lowest BCUT2D eigenvalue weighted by Crippen LogP contribution is -1.99. The molecule has 26 heavy (non-hydrogen) atoms. The molecule has 0 aliphatic heterocycles. The van der Waals surface area contributed by atoms with Crippen molar-refractivity contribution < 1.29 is 13.6 Å². The Morgan fingerprint density at radius 2 is 1.65 bits per heavy atom. The highest BCUT2D eigenvalue weighted by atomic mass is 19.1. The summed E-state index contributed by atoms with van der Waals surface area (Å²) in [5.41, 5.74) is 0.901. The van der Waals surface area contributed by atoms with E-state index in [9.17, 15) is 13.6 Å². The van der Waals surface area contributed by atoms with Crippen molar-refractivity contribution in [3.05, 3.63) is 78.0 Å². The number of fused-ring (bicyclic) bond motifs is 1. The molecule has 0 radical (unpaired) electrons. The number of benzene rings is 2. The van der Waals surface area contributed by atoms with Crippen LogP contribution in [0.2, 0.25) is 0 Å². The van der Waals surface area contributed by atoms with Crippen molar-refractivity contribution in [1.82, 2.24) is 15.0 Å². The number of carbonyl (C=O) groups excluding carboxylic acids is 1. The van der Waals surface area contributed by atoms with Gasteiger partial charge in [0, 0.05) is 17.1 Å². The molecule has 0 aliphatic rings. The molecule has 0 N–H and O–H groups in total. The molecule has 2 aromatic carbocycles. The van der Waals surface area contributed by atoms with Gasteiger partial charge in [-0.2, -0.15) is 0 Å². The fourth-order valence-electron chi connectivity index (χ4n) is 2.68. The van der Waals surface area contributed by atoms with E-state index in [-0.39, 0.29) is 17.5 Å². The predicted octanol–water partition coefficient (Wildman–Crippen LogP) is 4.45. The maximum absolute atomic E-state index is 14.4. The van der Waals surface area contributed by atoms with Crippen molar-refractivity contribution in [2.24, 2.45) is 0 Å². The molecule has 0 aliphatic carbocycles. The number of carbonyl (C=O) groups is 1. The number of pyridine rings is 1. The zero-order valence-electron chi connectivity index (χ0n) is 13.4. The van der Waals surface area contributed by atoms with Crippen LogP contribution in [0.15, 0.2) is 60.8 Å². The van der Waals surface area contributed by atoms with Gasteiger partial charge in [0.1, 0.15) is 17.3 Å². The van der Waals surface area contributed by atoms with Gasteiger partial charge in [0.25, 0.3) is 0 Å². The lowest BCUT2D eigenvalue weighted by molar-refractivity contribution is 0.111. The molecule has 0 fully saturated rings. The highest BCUT2D eigenvalue weighted by molar-refractivity contribution is 5.80. The minimum absolute atomic E-state index is 0.0381. The van der Waals surface area contributed by atoms with Crippen molar-refractivity contribution in [2.75, 3.05) is 0 Å². The van der Waals surface area contributed by atoms with Gasteiger partial charge < -0.3 is 0 Å². The van der Waals surface area contributed by atoms with Crippen molar-refractivity contribution >= 4 is 17.2 Å². The fraction of sp³-hybridized carbons (Fsp3) is 0. The first-order chi connectivity index (χ1) is 12.7. The quantitative estimate of drug-likeness (QED) is 0.514. The van der Waals surface area contributed by atoms with Crippen LogP contribution in [0.25, 0.3) is 33.7 Å². The summed E-state index contributed by atoms with van der Waals surface area (Å²) in [6.45, 7) is 0. The largest absolute Gasteiger partial charge is 0.298 e. The molecular weight excluding hydrogens is 336 g/mol. The van der Waals surface area contributed by atoms with Crippen molar-refractivity contribution in [3.8, 4) is 22.8 Å². The van der Waals surface area contributed by atoms with Crippen LogP contribution < -0.4 is 0 Å². The van der Waals surface area contributed by atoms with E-state index in [0.29, 0.717) is 11.5 Å². The molecule has 2 heterocycles. The standard InChI is InChI=1S/C20H11F2N3O/c21-15-9-8-13(19(22)14(15)11-26)17-6-3-7-18(24-17)20-23-10-12-4-1-2-5-16(12)25-20/h1-11H. The minimum atomic E-state index is -0.941. The Morgan fingerprint density at radius 1 is 0.846 bits per heavy atom. The second kappa shape index (κ2) is 6.40. The number of aromatic nitrogens is 3. The van der Waals surface area contributed by atoms with Gasteiger partial charge in [-0.05, 0) is 30.3 Å². The molecule has 0 atom stereocenters. The molecule has 0 bridgehead atoms. The molecule has 2 aromatic heterocycles. The smallest absolute Gasteiger partial charge is 0.178 e. The molecule has 0 amide bonds. The third-order valence-electron chi connectivity index (χ3n) is 3.99. The fourth-order valence-corrected chi connectivity index (χ4v) is 2.68. The zero-order valence-corrected chi connectivity index (χ0v) is 13.4. The lowest BCUT2D eigenvalue weighted by atomic mass is 10.1. The summed E-state index contributed by atoms with van der Waals surface area (Å²) in [7, 11) is 0. The molecule has 0 saturated carbocycles. The molecule has 4 nitrogen and oxygen atoms in total. The van der Waals surface area contributed by atoms with Crippen molar-refractivity contribution in [3.63, 3.8) is 0 Å². The Bertz CT molecular complexity index is 1140. The van der Waals surface area contributed by atoms with Crippen LogP contribution in [0, 0.1) is 11.6 Å². The van der Waals surface area contributed by atoms with Gasteiger partial charge in [0.2, 0.25) is 0 Å². The number of hydrogen-bond donors (Lipinski definition) is 0. The normalized spacial score (nSPS) is 10.8. The molecule has 0 saturated heterocycles. The Morgan fingerprint density at radius 3 is 2.50 bits per heavy atom. The first-order valence-corrected chi connectivity index (χ1v) is 7.80. The third-order valence-corrected chi connectivity index (χ3v) is 3.99. The van der Waals surface area contributed by atoms with Crippen LogP contribution in [0.4, 0.5) is 8.78 Å². The number of rotatable bonds is 3. The summed E-state index contributed by atoms with van der Waals surface area (Å²) in [6, 6.07) is 14.8. The van der Waals surface area contributed by atoms with Crippen molar-refractivity contribution in [2.45, 2.75) is 0 Å². The average molecular weight is 347 g/mol. The first kappa shape index (κ1) is 16.0. The molecule has 126 valence electrons. The Hall–Kier alpha value is -3.54. The van der Waals surface area contributed by atoms with E-state index in [2.05, 4.69) is 15.0 Å². The average Bonchev–Trinajstić information content (AvgIpc) is 2.68. The molecular formula is C20H11F2N3O. The topological polar surface area (TPSA) is 55.7 Å². The van der Waals surface area contributed by atoms with E-state index in [1.165, 1.54) is 6.07 Å². The predicted molar refractivity (Wildman–Crippen MR) is 93.5 cm³/mol. The van der Waals surface area contributed by atoms with E-state index in [4.69, 9.17) is 0 Å². The molecule has 0 spiro atoms. The molecule has 0 unspecified atom stereocenters. The van der Waals surface area contributed by atoms with Crippen LogP contribution >= 0.6 is 0 Å². The van der Waals surface area contributed by atoms with E-state index in [0.717, 1.165) is 17.0 Å². The number of aldehydes is 1. The van der Waals surface area contributed by atoms with E-state index < -0.39 is 17.2 Å². The van der Waals surface area contributed by atoms with E-state index in [1.807, 2.05) is 24.3 Å². The summed E-state index contributed by atoms with van der Waals surface area (Å²) in [5, 5.41) is 0.896. The van der Waals surface area contributed by atoms with Gasteiger partial charge in [-0.15, -0.1) is 0 Å². The van der Waals surface area contributed by atoms with Crippen LogP contribution in [-0.4, -0.2) is 21.2 Å². The van der Waals surface area contributed by atoms with Gasteiger partial charge in [0.05, 0.1) is 16.8 Å². The van der Waals surface area contributed by atoms with E-state index >= 15 is 0 Å². The first-order valence-electron chi connectivity index (χ1n) is 7.80. The Labute approximate surface area is 147 Å². The van der Waals surface area contributed by atoms with E-state index in [1.54, 1.807) is 24.4 Å². The van der Waals surface area contributed by atoms with Gasteiger partial charge in [-0.1, -0.05) is 24.3 Å². The Balaban J connectivity index is 1.83. The number of para-hydroxylation sites is 1. The SMILES string of the molecule is O=Cc1c(F)ccc(-c2cccc(-c3ncc4ccccc4n3)n2)c1F. The summed E-state index contributed by atoms with van der Waals surface area (Å²) < 4.78 is 27.9. The van der Waals surface area contributed by atoms with Crippen LogP contribution in [-0.2, 0) is 0 Å². The maximum Gasteiger partial charge on any atom is 0.178 e. The summed E-state index contributed by atoms with van der Waals surface area (Å²) in [4.78, 5) is 24.1. The number of nitrogens with zero attached hydrogens (tertiary/aromatic N) is 3. The van der Waals surface area contributed by atoms with Crippen LogP contribution in [0.1, 0.15) is 10.4 Å². The van der Waals surface area contributed by atoms with Gasteiger partial charge >= 0.3 is 0 Å². The van der Waals surface area contributed by atoms with Crippen molar-refractivity contribution in [1.29, 1.82) is 0 Å². The molecule has 4 aromatic rings. The van der Waals surface area contributed by atoms with Gasteiger partial charge in [-0.25, -0.2) is 23.7 Å². The highest BCUT2D eigenvalue weighted by Gasteiger charge is 2.16. The Kier molecular flexibility index (Phi) is 3.93. The number of halogens is 2. The van der Waals surface area contributed by atoms with Crippen LogP contribution in [0.5, 0.6) is 0 Å². The van der Waals surface area contributed by atoms with Crippen LogP contribution in [0.3, 0.4) is 0 Å². The lowest BCUT2D eigenvalue weighted by Gasteiger charge is -2.07. The molecule has 4 rings (SSSR count). The highest BCUT2D eigenvalue weighted by Crippen LogP contribution is 2.26. The maximum atomic E-state index is 14.4. The van der Waals surface area contributed by atoms with Gasteiger partial charge in [0.15, 0.2) is 12.1 Å². The molecule has 6 heteroatoms. The minimum Gasteiger partial charge on any atom is -0.298 e. The summed E-state index contributed by atoms with van der Waals surface area (Å²) in [6.07, 6.45) is 1.85. The second-order valence-electron chi connectivity index (χ2n) is 5.60. The monoisotopic (exact) mass is 347 g/mol. The zero-order chi connectivity index (χ0) is 18.1. The summed E-state index contributed by atoms with van der Waals surface area (Å²) in [5.74, 6) is -1.46. The third kappa shape index (κ3) is 2.71. The second-order valence-corrected chi connectivity index (χ2v) is 5.60. The summed E-state index contributed by atoms with van der Waals surface area (Å²) >= 11 is 0. The number of hydrogen-bond acceptors (Lipinski definition) is 4. The van der Waals surface area contributed by atoms with Gasteiger partial charge in [-0.3, -0.25) is 4.79 Å².